The zero-order chi connectivity index (χ0) is 26.0. The zero-order valence-corrected chi connectivity index (χ0v) is 20.2. The van der Waals surface area contributed by atoms with E-state index in [1.807, 2.05) is 45.6 Å². The SMILES string of the molecule is C=C(NCc1ccc(NC)cc1)c1cc(N(C)C)cc2c1cnn2-c1ccc(F)cc1.C=O.C=O. The number of nitrogens with one attached hydrogen (secondary N) is 2. The molecule has 0 amide bonds. The van der Waals surface area contributed by atoms with Crippen molar-refractivity contribution in [3.63, 3.8) is 0 Å². The van der Waals surface area contributed by atoms with E-state index >= 15 is 0 Å². The Kier molecular flexibility index (Phi) is 9.71. The normalized spacial score (nSPS) is 9.83. The molecule has 8 heteroatoms. The number of carbonyl (C=O) groups is 2. The Balaban J connectivity index is 0.00000103. The van der Waals surface area contributed by atoms with E-state index in [4.69, 9.17) is 9.59 Å². The smallest absolute Gasteiger partial charge is 0.123 e. The van der Waals surface area contributed by atoms with E-state index < -0.39 is 0 Å². The summed E-state index contributed by atoms with van der Waals surface area (Å²) in [7, 11) is 5.91. The Morgan fingerprint density at radius 1 is 1.00 bits per heavy atom. The van der Waals surface area contributed by atoms with Crippen molar-refractivity contribution in [2.45, 2.75) is 6.54 Å². The van der Waals surface area contributed by atoms with Gasteiger partial charge in [-0.2, -0.15) is 5.10 Å². The standard InChI is InChI=1S/C25H26FN5.2CH2O/c1-17(28-15-18-5-9-20(27-2)10-6-18)23-13-22(30(3)4)14-25-24(23)16-29-31(25)21-11-7-19(26)8-12-21;2*1-2/h5-14,16,27-28H,1,15H2,2-4H3;2*1H2. The average Bonchev–Trinajstić information content (AvgIpc) is 3.34. The van der Waals surface area contributed by atoms with Crippen LogP contribution in [0.1, 0.15) is 11.1 Å². The van der Waals surface area contributed by atoms with Gasteiger partial charge in [0.25, 0.3) is 0 Å². The number of benzene rings is 3. The topological polar surface area (TPSA) is 79.3 Å². The number of fused-ring (bicyclic) bond motifs is 1. The first-order valence-corrected chi connectivity index (χ1v) is 10.7. The van der Waals surface area contributed by atoms with Gasteiger partial charge in [0.05, 0.1) is 17.4 Å². The maximum atomic E-state index is 13.4. The lowest BCUT2D eigenvalue weighted by atomic mass is 10.1. The third-order valence-corrected chi connectivity index (χ3v) is 5.33. The molecule has 0 aliphatic rings. The molecule has 4 rings (SSSR count). The fourth-order valence-electron chi connectivity index (χ4n) is 3.50. The molecule has 0 fully saturated rings. The highest BCUT2D eigenvalue weighted by Crippen LogP contribution is 2.30. The zero-order valence-electron chi connectivity index (χ0n) is 20.2. The number of rotatable bonds is 7. The van der Waals surface area contributed by atoms with Gasteiger partial charge in [0, 0.05) is 55.7 Å². The van der Waals surface area contributed by atoms with Gasteiger partial charge in [-0.1, -0.05) is 18.7 Å². The maximum absolute atomic E-state index is 13.4. The molecular weight excluding hydrogens is 445 g/mol. The first-order valence-electron chi connectivity index (χ1n) is 10.7. The molecule has 35 heavy (non-hydrogen) atoms. The van der Waals surface area contributed by atoms with Crippen molar-refractivity contribution in [1.29, 1.82) is 0 Å². The minimum atomic E-state index is -0.268. The van der Waals surface area contributed by atoms with Crippen LogP contribution < -0.4 is 15.5 Å². The van der Waals surface area contributed by atoms with Gasteiger partial charge >= 0.3 is 0 Å². The first-order chi connectivity index (χ1) is 17.0. The Hall–Kier alpha value is -4.46. The quantitative estimate of drug-likeness (QED) is 0.405. The largest absolute Gasteiger partial charge is 0.388 e. The van der Waals surface area contributed by atoms with Crippen molar-refractivity contribution in [3.8, 4) is 5.69 Å². The minimum absolute atomic E-state index is 0.268. The first kappa shape index (κ1) is 26.8. The number of halogens is 1. The van der Waals surface area contributed by atoms with Crippen LogP contribution in [0.5, 0.6) is 0 Å². The summed E-state index contributed by atoms with van der Waals surface area (Å²) in [5.74, 6) is -0.268. The van der Waals surface area contributed by atoms with Crippen molar-refractivity contribution < 1.29 is 14.0 Å². The van der Waals surface area contributed by atoms with Crippen molar-refractivity contribution in [2.75, 3.05) is 31.4 Å². The van der Waals surface area contributed by atoms with Gasteiger partial charge in [-0.3, -0.25) is 0 Å². The molecule has 1 aromatic heterocycles. The van der Waals surface area contributed by atoms with Crippen LogP contribution in [-0.2, 0) is 16.1 Å². The highest BCUT2D eigenvalue weighted by molar-refractivity contribution is 5.94. The summed E-state index contributed by atoms with van der Waals surface area (Å²) in [6.07, 6.45) is 1.84. The highest BCUT2D eigenvalue weighted by atomic mass is 19.1. The molecule has 1 heterocycles. The van der Waals surface area contributed by atoms with Gasteiger partial charge in [-0.25, -0.2) is 9.07 Å². The van der Waals surface area contributed by atoms with Gasteiger partial charge in [0.1, 0.15) is 19.4 Å². The van der Waals surface area contributed by atoms with Crippen LogP contribution in [-0.4, -0.2) is 44.5 Å². The molecule has 4 aromatic rings. The predicted molar refractivity (Wildman–Crippen MR) is 141 cm³/mol. The molecule has 0 atom stereocenters. The Morgan fingerprint density at radius 2 is 1.63 bits per heavy atom. The van der Waals surface area contributed by atoms with E-state index in [0.717, 1.165) is 39.2 Å². The van der Waals surface area contributed by atoms with Crippen LogP contribution in [0, 0.1) is 5.82 Å². The fourth-order valence-corrected chi connectivity index (χ4v) is 3.50. The van der Waals surface area contributed by atoms with Gasteiger partial charge in [0.15, 0.2) is 0 Å². The minimum Gasteiger partial charge on any atom is -0.388 e. The Morgan fingerprint density at radius 3 is 2.20 bits per heavy atom. The van der Waals surface area contributed by atoms with Crippen molar-refractivity contribution >= 4 is 41.6 Å². The summed E-state index contributed by atoms with van der Waals surface area (Å²) < 4.78 is 15.2. The lowest BCUT2D eigenvalue weighted by Crippen LogP contribution is -2.13. The number of hydrogen-bond acceptors (Lipinski definition) is 6. The van der Waals surface area contributed by atoms with Crippen LogP contribution in [0.3, 0.4) is 0 Å². The fraction of sp³-hybridized carbons (Fsp3) is 0.148. The molecular formula is C27H30FN5O2. The van der Waals surface area contributed by atoms with Crippen molar-refractivity contribution in [1.82, 2.24) is 15.1 Å². The molecule has 7 nitrogen and oxygen atoms in total. The van der Waals surface area contributed by atoms with Crippen LogP contribution in [0.25, 0.3) is 22.3 Å². The van der Waals surface area contributed by atoms with Crippen LogP contribution in [0.15, 0.2) is 73.4 Å². The van der Waals surface area contributed by atoms with Gasteiger partial charge in [-0.15, -0.1) is 0 Å². The van der Waals surface area contributed by atoms with Gasteiger partial charge in [-0.05, 0) is 54.1 Å². The predicted octanol–water partition coefficient (Wildman–Crippen LogP) is 4.66. The lowest BCUT2D eigenvalue weighted by Gasteiger charge is -2.17. The van der Waals surface area contributed by atoms with Crippen molar-refractivity contribution in [3.05, 3.63) is 90.4 Å². The second-order valence-electron chi connectivity index (χ2n) is 7.63. The average molecular weight is 476 g/mol. The monoisotopic (exact) mass is 475 g/mol. The van der Waals surface area contributed by atoms with E-state index in [1.165, 1.54) is 17.7 Å². The number of anilines is 2. The third-order valence-electron chi connectivity index (χ3n) is 5.33. The second kappa shape index (κ2) is 12.7. The summed E-state index contributed by atoms with van der Waals surface area (Å²) >= 11 is 0. The van der Waals surface area contributed by atoms with E-state index in [1.54, 1.807) is 12.1 Å². The summed E-state index contributed by atoms with van der Waals surface area (Å²) in [5, 5.41) is 12.1. The summed E-state index contributed by atoms with van der Waals surface area (Å²) in [4.78, 5) is 18.1. The van der Waals surface area contributed by atoms with Crippen LogP contribution in [0.4, 0.5) is 15.8 Å². The molecule has 0 aliphatic heterocycles. The summed E-state index contributed by atoms with van der Waals surface area (Å²) in [5.41, 5.74) is 6.84. The molecule has 182 valence electrons. The highest BCUT2D eigenvalue weighted by Gasteiger charge is 2.14. The number of carbonyl (C=O) groups excluding carboxylic acids is 2. The van der Waals surface area contributed by atoms with Gasteiger partial charge < -0.3 is 25.1 Å². The molecule has 0 saturated carbocycles. The molecule has 2 N–H and O–H groups in total. The Bertz CT molecular complexity index is 1250. The third kappa shape index (κ3) is 6.32. The molecule has 0 saturated heterocycles. The molecule has 0 radical (unpaired) electrons. The van der Waals surface area contributed by atoms with E-state index in [0.29, 0.717) is 6.54 Å². The number of nitrogens with zero attached hydrogens (tertiary/aromatic N) is 3. The maximum Gasteiger partial charge on any atom is 0.123 e. The van der Waals surface area contributed by atoms with E-state index in [-0.39, 0.29) is 5.82 Å². The molecule has 0 aliphatic carbocycles. The molecule has 0 bridgehead atoms. The van der Waals surface area contributed by atoms with Crippen LogP contribution in [0.2, 0.25) is 0 Å². The number of aromatic nitrogens is 2. The van der Waals surface area contributed by atoms with Crippen molar-refractivity contribution in [2.24, 2.45) is 0 Å². The van der Waals surface area contributed by atoms with Crippen LogP contribution >= 0.6 is 0 Å². The molecule has 0 unspecified atom stereocenters. The van der Waals surface area contributed by atoms with E-state index in [9.17, 15) is 4.39 Å². The van der Waals surface area contributed by atoms with E-state index in [2.05, 4.69) is 63.6 Å². The molecule has 0 spiro atoms. The number of hydrogen-bond donors (Lipinski definition) is 2. The summed E-state index contributed by atoms with van der Waals surface area (Å²) in [6, 6.07) is 18.8. The summed E-state index contributed by atoms with van der Waals surface area (Å²) in [6.45, 7) is 8.96. The second-order valence-corrected chi connectivity index (χ2v) is 7.63. The Labute approximate surface area is 204 Å². The molecule has 3 aromatic carbocycles. The van der Waals surface area contributed by atoms with Gasteiger partial charge in [0.2, 0.25) is 0 Å². The lowest BCUT2D eigenvalue weighted by molar-refractivity contribution is -0.0987.